The van der Waals surface area contributed by atoms with Crippen molar-refractivity contribution in [3.63, 3.8) is 0 Å². The first kappa shape index (κ1) is 48.0. The number of amides is 4. The van der Waals surface area contributed by atoms with Gasteiger partial charge in [0.2, 0.25) is 11.8 Å². The van der Waals surface area contributed by atoms with Crippen LogP contribution in [0.25, 0.3) is 22.3 Å². The van der Waals surface area contributed by atoms with Crippen molar-refractivity contribution in [3.8, 4) is 5.69 Å². The molecule has 0 spiro atoms. The highest BCUT2D eigenvalue weighted by Crippen LogP contribution is 2.46. The molecule has 0 radical (unpaired) electrons. The number of benzene rings is 2. The number of rotatable bonds is 11. The van der Waals surface area contributed by atoms with Gasteiger partial charge in [0.25, 0.3) is 11.5 Å². The van der Waals surface area contributed by atoms with Gasteiger partial charge in [0.15, 0.2) is 0 Å². The third-order valence-corrected chi connectivity index (χ3v) is 15.4. The van der Waals surface area contributed by atoms with Gasteiger partial charge in [-0.05, 0) is 105 Å². The molecule has 3 saturated heterocycles. The van der Waals surface area contributed by atoms with Gasteiger partial charge < -0.3 is 19.7 Å². The molecule has 0 bridgehead atoms. The SMILES string of the molecule is CNc1ccn(-c2ccnc3c2cc([C@H](C)N2CC=C(c4c(C)cc(C(=O)N5CCC(CN6CCN(Cc7ccc8c(c7)C(F)(F)C(=O)N8C7CCC(=O)NC7=O)CC6)CC5)cc4F)CC2)n3C)c(=O)c1. The maximum atomic E-state index is 16.1. The van der Waals surface area contributed by atoms with Crippen LogP contribution in [-0.2, 0) is 33.9 Å². The van der Waals surface area contributed by atoms with Gasteiger partial charge in [-0.1, -0.05) is 12.1 Å². The number of nitrogens with one attached hydrogen (secondary N) is 2. The minimum Gasteiger partial charge on any atom is -0.388 e. The summed E-state index contributed by atoms with van der Waals surface area (Å²) in [5, 5.41) is 6.05. The topological polar surface area (TPSA) is 148 Å². The predicted octanol–water partition coefficient (Wildman–Crippen LogP) is 5.98. The predicted molar refractivity (Wildman–Crippen MR) is 264 cm³/mol. The summed E-state index contributed by atoms with van der Waals surface area (Å²) in [5.41, 5.74) is 6.03. The number of piperazine rings is 1. The molecule has 5 aromatic rings. The lowest BCUT2D eigenvalue weighted by Gasteiger charge is -2.39. The maximum absolute atomic E-state index is 16.1. The number of hydrogen-bond acceptors (Lipinski definition) is 10. The Kier molecular flexibility index (Phi) is 13.0. The van der Waals surface area contributed by atoms with E-state index >= 15 is 13.2 Å². The summed E-state index contributed by atoms with van der Waals surface area (Å²) in [6.45, 7) is 11.0. The maximum Gasteiger partial charge on any atom is 0.352 e. The molecule has 2 atom stereocenters. The average molecular weight is 973 g/mol. The van der Waals surface area contributed by atoms with Crippen LogP contribution < -0.4 is 21.1 Å². The van der Waals surface area contributed by atoms with Crippen LogP contribution in [0.5, 0.6) is 0 Å². The quantitative estimate of drug-likeness (QED) is 0.152. The largest absolute Gasteiger partial charge is 0.388 e. The van der Waals surface area contributed by atoms with Crippen LogP contribution in [0.3, 0.4) is 0 Å². The van der Waals surface area contributed by atoms with E-state index < -0.39 is 35.2 Å². The standard InChI is InChI=1S/C53H59F3N10O5/c1-32-25-37(27-41(54)48(32)36-12-18-63(19-13-36)33(2)45-29-39-42(9-15-58-49(39)60(45)4)65-20-14-38(57-3)28-47(65)68)51(70)64-16-10-34(11-17-64)30-61-21-23-62(24-22-61)31-35-5-6-43-40(26-35)53(55,56)52(71)66(43)44-7-8-46(67)59-50(44)69/h5-6,9,12,14-15,20,25-29,33-34,44,57H,7-8,10-11,13,16-19,21-24,30-31H2,1-4H3,(H,59,67,69)/t33-,44?/m0/s1. The van der Waals surface area contributed by atoms with Crippen molar-refractivity contribution in [2.45, 2.75) is 70.5 Å². The molecule has 0 aliphatic carbocycles. The molecule has 2 N–H and O–H groups in total. The lowest BCUT2D eigenvalue weighted by molar-refractivity contribution is -0.144. The molecule has 4 amide bonds. The Morgan fingerprint density at radius 1 is 0.901 bits per heavy atom. The average Bonchev–Trinajstić information content (AvgIpc) is 3.80. The fourth-order valence-electron chi connectivity index (χ4n) is 11.4. The van der Waals surface area contributed by atoms with Gasteiger partial charge in [-0.25, -0.2) is 9.37 Å². The van der Waals surface area contributed by atoms with Crippen molar-refractivity contribution in [2.75, 3.05) is 76.2 Å². The van der Waals surface area contributed by atoms with Gasteiger partial charge >= 0.3 is 11.8 Å². The summed E-state index contributed by atoms with van der Waals surface area (Å²) in [4.78, 5) is 78.2. The monoisotopic (exact) mass is 972 g/mol. The zero-order chi connectivity index (χ0) is 49.9. The third kappa shape index (κ3) is 9.05. The highest BCUT2D eigenvalue weighted by molar-refractivity contribution is 6.12. The van der Waals surface area contributed by atoms with Crippen LogP contribution in [0.15, 0.2) is 77.9 Å². The number of carbonyl (C=O) groups excluding carboxylic acids is 4. The molecule has 1 unspecified atom stereocenters. The molecule has 0 saturated carbocycles. The smallest absolute Gasteiger partial charge is 0.352 e. The van der Waals surface area contributed by atoms with Crippen molar-refractivity contribution >= 4 is 51.6 Å². The zero-order valence-electron chi connectivity index (χ0n) is 40.5. The van der Waals surface area contributed by atoms with Gasteiger partial charge in [0.05, 0.1) is 16.9 Å². The number of likely N-dealkylation sites (tertiary alicyclic amines) is 1. The Labute approximate surface area is 409 Å². The molecule has 5 aliphatic rings. The van der Waals surface area contributed by atoms with E-state index in [4.69, 9.17) is 0 Å². The number of hydrogen-bond donors (Lipinski definition) is 2. The van der Waals surface area contributed by atoms with E-state index in [1.807, 2.05) is 37.1 Å². The highest BCUT2D eigenvalue weighted by atomic mass is 19.3. The summed E-state index contributed by atoms with van der Waals surface area (Å²) in [7, 11) is 3.77. The summed E-state index contributed by atoms with van der Waals surface area (Å²) in [6.07, 6.45) is 7.87. The molecule has 8 heterocycles. The van der Waals surface area contributed by atoms with E-state index in [1.54, 1.807) is 36.1 Å². The van der Waals surface area contributed by atoms with Gasteiger partial charge in [-0.3, -0.25) is 48.6 Å². The Morgan fingerprint density at radius 3 is 2.35 bits per heavy atom. The van der Waals surface area contributed by atoms with Crippen molar-refractivity contribution in [3.05, 3.63) is 123 Å². The molecule has 2 aromatic carbocycles. The van der Waals surface area contributed by atoms with E-state index in [-0.39, 0.29) is 41.9 Å². The number of aryl methyl sites for hydroxylation is 2. The third-order valence-electron chi connectivity index (χ3n) is 15.4. The van der Waals surface area contributed by atoms with Gasteiger partial charge in [-0.2, -0.15) is 8.78 Å². The molecular formula is C53H59F3N10O5. The fourth-order valence-corrected chi connectivity index (χ4v) is 11.4. The van der Waals surface area contributed by atoms with E-state index in [9.17, 15) is 24.0 Å². The van der Waals surface area contributed by atoms with E-state index in [2.05, 4.69) is 54.0 Å². The molecule has 3 aromatic heterocycles. The van der Waals surface area contributed by atoms with Gasteiger partial charge in [-0.15, -0.1) is 0 Å². The Bertz CT molecular complexity index is 3020. The van der Waals surface area contributed by atoms with Crippen LogP contribution in [-0.4, -0.2) is 129 Å². The van der Waals surface area contributed by atoms with Gasteiger partial charge in [0.1, 0.15) is 17.5 Å². The number of fused-ring (bicyclic) bond motifs is 2. The summed E-state index contributed by atoms with van der Waals surface area (Å²) in [5.74, 6) is -6.60. The number of carbonyl (C=O) groups is 4. The zero-order valence-corrected chi connectivity index (χ0v) is 40.5. The van der Waals surface area contributed by atoms with E-state index in [0.717, 1.165) is 89.7 Å². The second kappa shape index (κ2) is 19.2. The second-order valence-electron chi connectivity index (χ2n) is 19.7. The number of imide groups is 1. The second-order valence-corrected chi connectivity index (χ2v) is 19.7. The lowest BCUT2D eigenvalue weighted by Crippen LogP contribution is -2.54. The number of nitrogens with zero attached hydrogens (tertiary/aromatic N) is 8. The normalized spacial score (nSPS) is 20.9. The molecule has 10 rings (SSSR count). The van der Waals surface area contributed by atoms with Crippen molar-refractivity contribution in [2.24, 2.45) is 13.0 Å². The fraction of sp³-hybridized carbons (Fsp3) is 0.434. The number of anilines is 2. The van der Waals surface area contributed by atoms with Crippen LogP contribution >= 0.6 is 0 Å². The highest BCUT2D eigenvalue weighted by Gasteiger charge is 2.56. The molecule has 18 heteroatoms. The first-order chi connectivity index (χ1) is 34.1. The molecular weight excluding hydrogens is 914 g/mol. The lowest BCUT2D eigenvalue weighted by atomic mass is 9.92. The Balaban J connectivity index is 0.707. The summed E-state index contributed by atoms with van der Waals surface area (Å²) >= 11 is 0. The first-order valence-electron chi connectivity index (χ1n) is 24.6. The van der Waals surface area contributed by atoms with Crippen LogP contribution in [0.4, 0.5) is 24.5 Å². The Hall–Kier alpha value is -6.63. The first-order valence-corrected chi connectivity index (χ1v) is 24.6. The number of aromatic nitrogens is 3. The molecule has 372 valence electrons. The van der Waals surface area contributed by atoms with E-state index in [1.165, 1.54) is 18.2 Å². The molecule has 15 nitrogen and oxygen atoms in total. The number of halogens is 3. The molecule has 5 aliphatic heterocycles. The van der Waals surface area contributed by atoms with Crippen LogP contribution in [0.2, 0.25) is 0 Å². The van der Waals surface area contributed by atoms with Crippen LogP contribution in [0.1, 0.15) is 83.4 Å². The van der Waals surface area contributed by atoms with E-state index in [0.29, 0.717) is 61.8 Å². The molecule has 3 fully saturated rings. The molecule has 71 heavy (non-hydrogen) atoms. The van der Waals surface area contributed by atoms with Crippen molar-refractivity contribution in [1.82, 2.24) is 39.0 Å². The Morgan fingerprint density at radius 2 is 1.66 bits per heavy atom. The number of pyridine rings is 2. The minimum atomic E-state index is -3.78. The van der Waals surface area contributed by atoms with Crippen molar-refractivity contribution in [1.29, 1.82) is 0 Å². The van der Waals surface area contributed by atoms with Crippen LogP contribution in [0, 0.1) is 18.7 Å². The summed E-state index contributed by atoms with van der Waals surface area (Å²) in [6, 6.07) is 14.0. The number of piperidine rings is 2. The number of alkyl halides is 2. The summed E-state index contributed by atoms with van der Waals surface area (Å²) < 4.78 is 50.5. The van der Waals surface area contributed by atoms with Gasteiger partial charge in [0, 0.05) is 138 Å². The van der Waals surface area contributed by atoms with Crippen molar-refractivity contribution < 1.29 is 32.3 Å². The minimum absolute atomic E-state index is 0.00426.